The summed E-state index contributed by atoms with van der Waals surface area (Å²) < 4.78 is 17.6. The molecule has 5 rings (SSSR count). The number of thiazole rings is 1. The fraction of sp³-hybridized carbons (Fsp3) is 0.348. The third-order valence-corrected chi connectivity index (χ3v) is 8.09. The first-order valence-electron chi connectivity index (χ1n) is 10.8. The molecule has 1 fully saturated rings. The smallest absolute Gasteiger partial charge is 0.191 e. The fourth-order valence-electron chi connectivity index (χ4n) is 4.22. The van der Waals surface area contributed by atoms with Crippen molar-refractivity contribution in [1.29, 1.82) is 0 Å². The van der Waals surface area contributed by atoms with Crippen LogP contribution in [-0.2, 0) is 5.88 Å². The number of halogens is 2. The Kier molecular flexibility index (Phi) is 6.56. The molecule has 172 valence electrons. The lowest BCUT2D eigenvalue weighted by atomic mass is 9.94. The van der Waals surface area contributed by atoms with E-state index >= 15 is 0 Å². The quantitative estimate of drug-likeness (QED) is 0.239. The van der Waals surface area contributed by atoms with Crippen LogP contribution < -0.4 is 4.90 Å². The molecule has 6 nitrogen and oxygen atoms in total. The van der Waals surface area contributed by atoms with Gasteiger partial charge in [-0.3, -0.25) is 4.31 Å². The Balaban J connectivity index is 1.48. The van der Waals surface area contributed by atoms with Crippen LogP contribution in [0.3, 0.4) is 0 Å². The van der Waals surface area contributed by atoms with E-state index in [9.17, 15) is 4.39 Å². The van der Waals surface area contributed by atoms with Gasteiger partial charge in [0.1, 0.15) is 11.5 Å². The highest BCUT2D eigenvalue weighted by Gasteiger charge is 2.24. The SMILES string of the molecule is CSN1CCC(c2ccc3nc(CCl)c(N(C)c4nc(-c5ccc(F)cc5)cs4)n3n2)CC1. The predicted octanol–water partition coefficient (Wildman–Crippen LogP) is 5.96. The number of hydrogen-bond acceptors (Lipinski definition) is 7. The van der Waals surface area contributed by atoms with Gasteiger partial charge >= 0.3 is 0 Å². The highest BCUT2D eigenvalue weighted by atomic mass is 35.5. The van der Waals surface area contributed by atoms with Gasteiger partial charge in [-0.2, -0.15) is 9.61 Å². The zero-order chi connectivity index (χ0) is 22.9. The first-order valence-corrected chi connectivity index (χ1v) is 13.4. The molecule has 0 spiro atoms. The Morgan fingerprint density at radius 1 is 1.15 bits per heavy atom. The van der Waals surface area contributed by atoms with Crippen LogP contribution in [0.5, 0.6) is 0 Å². The molecule has 0 amide bonds. The zero-order valence-electron chi connectivity index (χ0n) is 18.4. The van der Waals surface area contributed by atoms with Gasteiger partial charge in [-0.05, 0) is 55.5 Å². The van der Waals surface area contributed by atoms with E-state index in [1.807, 2.05) is 39.9 Å². The average Bonchev–Trinajstić information content (AvgIpc) is 3.49. The summed E-state index contributed by atoms with van der Waals surface area (Å²) in [7, 11) is 1.96. The first-order chi connectivity index (χ1) is 16.1. The summed E-state index contributed by atoms with van der Waals surface area (Å²) in [5.41, 5.74) is 4.30. The molecule has 1 aromatic carbocycles. The van der Waals surface area contributed by atoms with Gasteiger partial charge in [0.15, 0.2) is 16.6 Å². The van der Waals surface area contributed by atoms with Gasteiger partial charge in [0.25, 0.3) is 0 Å². The van der Waals surface area contributed by atoms with E-state index in [1.165, 1.54) is 23.5 Å². The lowest BCUT2D eigenvalue weighted by molar-refractivity contribution is 0.342. The largest absolute Gasteiger partial charge is 0.304 e. The van der Waals surface area contributed by atoms with Crippen LogP contribution in [0, 0.1) is 5.82 Å². The Morgan fingerprint density at radius 3 is 2.61 bits per heavy atom. The van der Waals surface area contributed by atoms with Gasteiger partial charge in [-0.25, -0.2) is 14.4 Å². The minimum atomic E-state index is -0.259. The van der Waals surface area contributed by atoms with Crippen molar-refractivity contribution in [3.63, 3.8) is 0 Å². The minimum absolute atomic E-state index is 0.259. The topological polar surface area (TPSA) is 49.6 Å². The van der Waals surface area contributed by atoms with Gasteiger partial charge < -0.3 is 4.90 Å². The molecule has 0 N–H and O–H groups in total. The summed E-state index contributed by atoms with van der Waals surface area (Å²) in [6.07, 6.45) is 4.32. The maximum Gasteiger partial charge on any atom is 0.191 e. The molecule has 0 aliphatic carbocycles. The van der Waals surface area contributed by atoms with E-state index in [2.05, 4.69) is 16.6 Å². The molecule has 1 saturated heterocycles. The summed E-state index contributed by atoms with van der Waals surface area (Å²) in [6.45, 7) is 2.14. The number of imidazole rings is 1. The molecule has 4 aromatic rings. The zero-order valence-corrected chi connectivity index (χ0v) is 20.8. The van der Waals surface area contributed by atoms with Crippen LogP contribution in [0.15, 0.2) is 41.8 Å². The number of nitrogens with zero attached hydrogens (tertiary/aromatic N) is 6. The van der Waals surface area contributed by atoms with Crippen LogP contribution in [0.4, 0.5) is 15.3 Å². The third kappa shape index (κ3) is 4.47. The van der Waals surface area contributed by atoms with Gasteiger partial charge in [-0.1, -0.05) is 11.9 Å². The summed E-state index contributed by atoms with van der Waals surface area (Å²) in [4.78, 5) is 11.5. The molecule has 33 heavy (non-hydrogen) atoms. The molecule has 3 aromatic heterocycles. The number of piperidine rings is 1. The summed E-state index contributed by atoms with van der Waals surface area (Å²) in [5, 5.41) is 7.77. The molecule has 10 heteroatoms. The lowest BCUT2D eigenvalue weighted by Gasteiger charge is -2.29. The monoisotopic (exact) mass is 502 g/mol. The summed E-state index contributed by atoms with van der Waals surface area (Å²) >= 11 is 9.61. The summed E-state index contributed by atoms with van der Waals surface area (Å²) in [6, 6.07) is 10.5. The second kappa shape index (κ2) is 9.58. The number of alkyl halides is 1. The number of rotatable bonds is 6. The standard InChI is InChI=1S/C23H24ClFN6S2/c1-29(23-27-20(14-33-23)15-3-5-17(25)6-4-15)22-19(13-24)26-21-8-7-18(28-31(21)22)16-9-11-30(32-2)12-10-16/h3-8,14,16H,9-13H2,1-2H3. The Labute approximate surface area is 205 Å². The molecule has 0 unspecified atom stereocenters. The average molecular weight is 503 g/mol. The van der Waals surface area contributed by atoms with Gasteiger partial charge in [0.2, 0.25) is 0 Å². The lowest BCUT2D eigenvalue weighted by Crippen LogP contribution is -2.27. The first kappa shape index (κ1) is 22.6. The highest BCUT2D eigenvalue weighted by molar-refractivity contribution is 7.96. The molecule has 0 radical (unpaired) electrons. The minimum Gasteiger partial charge on any atom is -0.304 e. The van der Waals surface area contributed by atoms with E-state index in [1.54, 1.807) is 12.1 Å². The second-order valence-corrected chi connectivity index (χ2v) is 10.00. The number of fused-ring (bicyclic) bond motifs is 1. The Bertz CT molecular complexity index is 1250. The van der Waals surface area contributed by atoms with Crippen LogP contribution >= 0.6 is 34.9 Å². The Morgan fingerprint density at radius 2 is 1.91 bits per heavy atom. The molecule has 1 aliphatic heterocycles. The van der Waals surface area contributed by atoms with E-state index in [-0.39, 0.29) is 11.7 Å². The molecule has 1 aliphatic rings. The van der Waals surface area contributed by atoms with E-state index in [0.717, 1.165) is 65.2 Å². The van der Waals surface area contributed by atoms with Crippen molar-refractivity contribution in [2.45, 2.75) is 24.6 Å². The number of aromatic nitrogens is 4. The van der Waals surface area contributed by atoms with Crippen LogP contribution in [0.25, 0.3) is 16.9 Å². The van der Waals surface area contributed by atoms with Crippen LogP contribution in [0.1, 0.15) is 30.1 Å². The number of anilines is 2. The van der Waals surface area contributed by atoms with Crippen LogP contribution in [-0.4, -0.2) is 50.3 Å². The fourth-order valence-corrected chi connectivity index (χ4v) is 5.78. The van der Waals surface area contributed by atoms with Crippen molar-refractivity contribution < 1.29 is 4.39 Å². The normalized spacial score (nSPS) is 15.4. The van der Waals surface area contributed by atoms with E-state index in [4.69, 9.17) is 26.7 Å². The van der Waals surface area contributed by atoms with Crippen molar-refractivity contribution in [3.05, 3.63) is 59.0 Å². The van der Waals surface area contributed by atoms with Crippen molar-refractivity contribution in [2.75, 3.05) is 31.3 Å². The molecular weight excluding hydrogens is 479 g/mol. The van der Waals surface area contributed by atoms with Gasteiger partial charge in [-0.15, -0.1) is 22.9 Å². The number of hydrogen-bond donors (Lipinski definition) is 0. The summed E-state index contributed by atoms with van der Waals surface area (Å²) in [5.74, 6) is 1.27. The van der Waals surface area contributed by atoms with Crippen molar-refractivity contribution in [3.8, 4) is 11.3 Å². The number of benzene rings is 1. The molecule has 0 saturated carbocycles. The molecule has 0 bridgehead atoms. The predicted molar refractivity (Wildman–Crippen MR) is 135 cm³/mol. The second-order valence-electron chi connectivity index (χ2n) is 8.01. The van der Waals surface area contributed by atoms with Crippen LogP contribution in [0.2, 0.25) is 0 Å². The van der Waals surface area contributed by atoms with Crippen molar-refractivity contribution in [1.82, 2.24) is 23.9 Å². The molecular formula is C23H24ClFN6S2. The maximum atomic E-state index is 13.3. The highest BCUT2D eigenvalue weighted by Crippen LogP contribution is 2.35. The van der Waals surface area contributed by atoms with Gasteiger partial charge in [0, 0.05) is 37.0 Å². The van der Waals surface area contributed by atoms with Crippen molar-refractivity contribution in [2.24, 2.45) is 0 Å². The van der Waals surface area contributed by atoms with E-state index in [0.29, 0.717) is 5.92 Å². The Hall–Kier alpha value is -2.20. The maximum absolute atomic E-state index is 13.3. The molecule has 4 heterocycles. The van der Waals surface area contributed by atoms with Gasteiger partial charge in [0.05, 0.1) is 17.3 Å². The molecule has 0 atom stereocenters. The van der Waals surface area contributed by atoms with E-state index < -0.39 is 0 Å². The van der Waals surface area contributed by atoms with Crippen molar-refractivity contribution >= 4 is 51.5 Å². The third-order valence-electron chi connectivity index (χ3n) is 6.04.